The minimum absolute atomic E-state index is 0.110. The van der Waals surface area contributed by atoms with Crippen LogP contribution in [0.3, 0.4) is 0 Å². The summed E-state index contributed by atoms with van der Waals surface area (Å²) in [6.07, 6.45) is 4.79. The number of aliphatic hydroxyl groups is 1. The van der Waals surface area contributed by atoms with Gasteiger partial charge in [-0.2, -0.15) is 0 Å². The zero-order valence-electron chi connectivity index (χ0n) is 11.4. The van der Waals surface area contributed by atoms with Crippen molar-refractivity contribution in [1.29, 1.82) is 0 Å². The topological polar surface area (TPSA) is 49.2 Å². The molecule has 6 heteroatoms. The predicted octanol–water partition coefficient (Wildman–Crippen LogP) is 2.97. The van der Waals surface area contributed by atoms with Crippen LogP contribution in [0, 0.1) is 0 Å². The lowest BCUT2D eigenvalue weighted by Crippen LogP contribution is -2.60. The molecule has 1 atom stereocenters. The second-order valence-corrected chi connectivity index (χ2v) is 6.49. The zero-order chi connectivity index (χ0) is 14.3. The summed E-state index contributed by atoms with van der Waals surface area (Å²) in [5, 5.41) is 13.0. The molecule has 0 spiro atoms. The van der Waals surface area contributed by atoms with Crippen LogP contribution in [-0.2, 0) is 0 Å². The van der Waals surface area contributed by atoms with Crippen LogP contribution in [0.15, 0.2) is 23.4 Å². The van der Waals surface area contributed by atoms with Crippen molar-refractivity contribution in [1.82, 2.24) is 9.97 Å². The van der Waals surface area contributed by atoms with Gasteiger partial charge in [-0.25, -0.2) is 9.97 Å². The average Bonchev–Trinajstić information content (AvgIpc) is 2.44. The molecule has 2 aromatic rings. The van der Waals surface area contributed by atoms with Gasteiger partial charge in [0.2, 0.25) is 0 Å². The first-order valence-electron chi connectivity index (χ1n) is 6.46. The fourth-order valence-corrected chi connectivity index (χ4v) is 3.13. The fourth-order valence-electron chi connectivity index (χ4n) is 2.53. The Morgan fingerprint density at radius 1 is 1.50 bits per heavy atom. The smallest absolute Gasteiger partial charge is 0.140 e. The third-order valence-corrected chi connectivity index (χ3v) is 4.81. The van der Waals surface area contributed by atoms with Crippen LogP contribution < -0.4 is 4.90 Å². The van der Waals surface area contributed by atoms with Crippen LogP contribution in [0.2, 0.25) is 5.15 Å². The lowest BCUT2D eigenvalue weighted by Gasteiger charge is -2.50. The second-order valence-electron chi connectivity index (χ2n) is 5.27. The van der Waals surface area contributed by atoms with Crippen molar-refractivity contribution in [2.75, 3.05) is 24.3 Å². The quantitative estimate of drug-likeness (QED) is 0.698. The molecule has 0 saturated carbocycles. The maximum Gasteiger partial charge on any atom is 0.140 e. The van der Waals surface area contributed by atoms with Crippen molar-refractivity contribution >= 4 is 40.0 Å². The van der Waals surface area contributed by atoms with Gasteiger partial charge in [-0.05, 0) is 37.1 Å². The summed E-state index contributed by atoms with van der Waals surface area (Å²) in [5.74, 6) is 0.815. The van der Waals surface area contributed by atoms with Gasteiger partial charge in [0.05, 0.1) is 17.2 Å². The number of hydrogen-bond donors (Lipinski definition) is 1. The van der Waals surface area contributed by atoms with Gasteiger partial charge in [0.1, 0.15) is 11.0 Å². The van der Waals surface area contributed by atoms with Crippen LogP contribution in [-0.4, -0.2) is 40.0 Å². The Morgan fingerprint density at radius 3 is 2.90 bits per heavy atom. The number of thioether (sulfide) groups is 1. The van der Waals surface area contributed by atoms with E-state index in [-0.39, 0.29) is 12.1 Å². The van der Waals surface area contributed by atoms with E-state index in [1.165, 1.54) is 0 Å². The molecule has 4 nitrogen and oxygen atoms in total. The van der Waals surface area contributed by atoms with E-state index in [1.807, 2.05) is 31.5 Å². The summed E-state index contributed by atoms with van der Waals surface area (Å²) in [6.45, 7) is 3.03. The summed E-state index contributed by atoms with van der Waals surface area (Å²) in [4.78, 5) is 11.0. The predicted molar refractivity (Wildman–Crippen MR) is 83.8 cm³/mol. The van der Waals surface area contributed by atoms with E-state index in [9.17, 15) is 5.11 Å². The number of nitrogens with zero attached hydrogens (tertiary/aromatic N) is 3. The summed E-state index contributed by atoms with van der Waals surface area (Å²) >= 11 is 7.75. The van der Waals surface area contributed by atoms with Gasteiger partial charge in [-0.3, -0.25) is 0 Å². The van der Waals surface area contributed by atoms with Crippen molar-refractivity contribution in [2.45, 2.75) is 23.9 Å². The number of halogens is 1. The van der Waals surface area contributed by atoms with E-state index in [4.69, 9.17) is 11.6 Å². The molecule has 1 saturated heterocycles. The molecular formula is C14H16ClN3OS. The third kappa shape index (κ3) is 2.14. The van der Waals surface area contributed by atoms with Crippen molar-refractivity contribution in [3.05, 3.63) is 23.5 Å². The fraction of sp³-hybridized carbons (Fsp3) is 0.429. The normalized spacial score (nSPS) is 22.1. The van der Waals surface area contributed by atoms with Crippen LogP contribution in [0.5, 0.6) is 0 Å². The van der Waals surface area contributed by atoms with Crippen LogP contribution >= 0.6 is 23.4 Å². The number of hydrogen-bond acceptors (Lipinski definition) is 5. The average molecular weight is 310 g/mol. The Hall–Kier alpha value is -1.04. The highest BCUT2D eigenvalue weighted by atomic mass is 35.5. The van der Waals surface area contributed by atoms with Gasteiger partial charge in [0.15, 0.2) is 0 Å². The Kier molecular flexibility index (Phi) is 3.52. The van der Waals surface area contributed by atoms with Crippen LogP contribution in [0.4, 0.5) is 5.82 Å². The molecule has 1 fully saturated rings. The maximum atomic E-state index is 9.58. The molecule has 106 valence electrons. The molecule has 1 N–H and O–H groups in total. The van der Waals surface area contributed by atoms with Crippen molar-refractivity contribution in [3.63, 3.8) is 0 Å². The summed E-state index contributed by atoms with van der Waals surface area (Å²) < 4.78 is 0. The molecule has 3 heterocycles. The number of anilines is 1. The summed E-state index contributed by atoms with van der Waals surface area (Å²) in [5.41, 5.74) is -0.247. The molecule has 0 aliphatic carbocycles. The molecule has 3 rings (SSSR count). The van der Waals surface area contributed by atoms with Gasteiger partial charge in [0, 0.05) is 18.1 Å². The third-order valence-electron chi connectivity index (χ3n) is 3.97. The van der Waals surface area contributed by atoms with E-state index in [0.29, 0.717) is 5.15 Å². The number of pyridine rings is 2. The first-order chi connectivity index (χ1) is 9.57. The van der Waals surface area contributed by atoms with Crippen molar-refractivity contribution < 1.29 is 5.11 Å². The van der Waals surface area contributed by atoms with E-state index in [0.717, 1.165) is 34.6 Å². The molecule has 0 bridgehead atoms. The number of aliphatic hydroxyl groups excluding tert-OH is 1. The molecule has 1 aliphatic rings. The molecule has 2 aromatic heterocycles. The zero-order valence-corrected chi connectivity index (χ0v) is 13.0. The Labute approximate surface area is 127 Å². The Morgan fingerprint density at radius 2 is 2.30 bits per heavy atom. The number of rotatable bonds is 3. The van der Waals surface area contributed by atoms with Gasteiger partial charge < -0.3 is 10.0 Å². The van der Waals surface area contributed by atoms with Crippen molar-refractivity contribution in [3.8, 4) is 0 Å². The summed E-state index contributed by atoms with van der Waals surface area (Å²) in [7, 11) is 0. The van der Waals surface area contributed by atoms with E-state index < -0.39 is 0 Å². The molecule has 1 unspecified atom stereocenters. The van der Waals surface area contributed by atoms with E-state index in [1.54, 1.807) is 11.8 Å². The van der Waals surface area contributed by atoms with Crippen molar-refractivity contribution in [2.24, 2.45) is 0 Å². The molecule has 20 heavy (non-hydrogen) atoms. The maximum absolute atomic E-state index is 9.58. The monoisotopic (exact) mass is 309 g/mol. The highest BCUT2D eigenvalue weighted by Gasteiger charge is 2.41. The number of aromatic nitrogens is 2. The van der Waals surface area contributed by atoms with E-state index in [2.05, 4.69) is 14.9 Å². The molecule has 0 amide bonds. The van der Waals surface area contributed by atoms with Gasteiger partial charge >= 0.3 is 0 Å². The van der Waals surface area contributed by atoms with Crippen LogP contribution in [0.1, 0.15) is 13.3 Å². The van der Waals surface area contributed by atoms with E-state index >= 15 is 0 Å². The Bertz CT molecular complexity index is 662. The largest absolute Gasteiger partial charge is 0.394 e. The standard InChI is InChI=1S/C14H16ClN3OS/c1-14(8-19)3-4-18(14)13-10-7-16-12(20-2)6-9(10)5-11(15)17-13/h5-7,19H,3-4,8H2,1-2H3. The SMILES string of the molecule is CSc1cc2cc(Cl)nc(N3CCC3(C)CO)c2cn1. The summed E-state index contributed by atoms with van der Waals surface area (Å²) in [6, 6.07) is 3.88. The van der Waals surface area contributed by atoms with Gasteiger partial charge in [-0.1, -0.05) is 11.6 Å². The molecule has 1 aliphatic heterocycles. The van der Waals surface area contributed by atoms with Gasteiger partial charge in [0.25, 0.3) is 0 Å². The molecule has 0 radical (unpaired) electrons. The minimum Gasteiger partial charge on any atom is -0.394 e. The Balaban J connectivity index is 2.15. The van der Waals surface area contributed by atoms with Crippen LogP contribution in [0.25, 0.3) is 10.8 Å². The lowest BCUT2D eigenvalue weighted by molar-refractivity contribution is 0.153. The lowest BCUT2D eigenvalue weighted by atomic mass is 9.87. The highest BCUT2D eigenvalue weighted by Crippen LogP contribution is 2.38. The molecular weight excluding hydrogens is 294 g/mol. The van der Waals surface area contributed by atoms with Gasteiger partial charge in [-0.15, -0.1) is 11.8 Å². The second kappa shape index (κ2) is 5.06. The first-order valence-corrected chi connectivity index (χ1v) is 8.06. The minimum atomic E-state index is -0.247. The molecule has 0 aromatic carbocycles. The first kappa shape index (κ1) is 13.9. The number of fused-ring (bicyclic) bond motifs is 1. The highest BCUT2D eigenvalue weighted by molar-refractivity contribution is 7.98.